The van der Waals surface area contributed by atoms with Crippen molar-refractivity contribution in [3.05, 3.63) is 89.1 Å². The number of hydrogen-bond donors (Lipinski definition) is 2. The Bertz CT molecular complexity index is 1220. The number of nitrogens with one attached hydrogen (secondary N) is 2. The Hall–Kier alpha value is -4.00. The number of aromatic amines is 1. The van der Waals surface area contributed by atoms with Crippen LogP contribution in [0.15, 0.2) is 60.9 Å². The third kappa shape index (κ3) is 4.61. The van der Waals surface area contributed by atoms with E-state index in [1.165, 1.54) is 19.2 Å². The second-order valence-corrected chi connectivity index (χ2v) is 6.93. The highest BCUT2D eigenvalue weighted by Gasteiger charge is 2.18. The van der Waals surface area contributed by atoms with Crippen LogP contribution in [0.3, 0.4) is 0 Å². The fraction of sp³-hybridized carbons (Fsp3) is 0.125. The number of rotatable bonds is 7. The molecule has 0 atom stereocenters. The number of methoxy groups -OCH3 is 1. The minimum absolute atomic E-state index is 0.225. The lowest BCUT2D eigenvalue weighted by molar-refractivity contribution is 0.0951. The number of aromatic nitrogens is 3. The third-order valence-electron chi connectivity index (χ3n) is 4.89. The predicted molar refractivity (Wildman–Crippen MR) is 118 cm³/mol. The Morgan fingerprint density at radius 2 is 2.00 bits per heavy atom. The molecular formula is C24H21FN4O2. The summed E-state index contributed by atoms with van der Waals surface area (Å²) < 4.78 is 18.7. The Morgan fingerprint density at radius 1 is 1.16 bits per heavy atom. The number of amides is 1. The molecule has 0 aliphatic heterocycles. The van der Waals surface area contributed by atoms with Crippen molar-refractivity contribution in [2.24, 2.45) is 0 Å². The Labute approximate surface area is 178 Å². The smallest absolute Gasteiger partial charge is 0.255 e. The lowest BCUT2D eigenvalue weighted by atomic mass is 10.1. The fourth-order valence-corrected chi connectivity index (χ4v) is 3.33. The molecule has 31 heavy (non-hydrogen) atoms. The number of pyridine rings is 1. The summed E-state index contributed by atoms with van der Waals surface area (Å²) in [6, 6.07) is 13.5. The van der Waals surface area contributed by atoms with Crippen molar-refractivity contribution in [2.45, 2.75) is 6.42 Å². The van der Waals surface area contributed by atoms with E-state index < -0.39 is 0 Å². The van der Waals surface area contributed by atoms with Crippen LogP contribution in [0.5, 0.6) is 5.75 Å². The average molecular weight is 416 g/mol. The molecule has 2 heterocycles. The van der Waals surface area contributed by atoms with Crippen molar-refractivity contribution in [3.63, 3.8) is 0 Å². The molecule has 4 aromatic rings. The lowest BCUT2D eigenvalue weighted by Crippen LogP contribution is -2.26. The van der Waals surface area contributed by atoms with Crippen LogP contribution in [-0.4, -0.2) is 34.7 Å². The molecule has 1 amide bonds. The van der Waals surface area contributed by atoms with E-state index in [2.05, 4.69) is 20.5 Å². The van der Waals surface area contributed by atoms with Crippen LogP contribution in [0.2, 0.25) is 0 Å². The molecule has 0 radical (unpaired) electrons. The molecule has 4 rings (SSSR count). The summed E-state index contributed by atoms with van der Waals surface area (Å²) in [7, 11) is 1.53. The Kier molecular flexibility index (Phi) is 6.03. The van der Waals surface area contributed by atoms with Gasteiger partial charge in [0.1, 0.15) is 11.6 Å². The first-order chi connectivity index (χ1) is 15.2. The maximum absolute atomic E-state index is 13.1. The van der Waals surface area contributed by atoms with Crippen LogP contribution < -0.4 is 10.1 Å². The van der Waals surface area contributed by atoms with Crippen LogP contribution in [-0.2, 0) is 6.42 Å². The molecule has 0 bridgehead atoms. The zero-order chi connectivity index (χ0) is 21.6. The van der Waals surface area contributed by atoms with Gasteiger partial charge >= 0.3 is 0 Å². The number of H-pyrrole nitrogens is 1. The van der Waals surface area contributed by atoms with Gasteiger partial charge in [-0.25, -0.2) is 4.39 Å². The summed E-state index contributed by atoms with van der Waals surface area (Å²) in [5.74, 6) is -0.0654. The molecule has 2 aromatic carbocycles. The SMILES string of the molecule is COc1c(C(=O)NCCc2cccnc2)ccc2[nH]nc(C=Cc3ccc(F)cc3)c12. The van der Waals surface area contributed by atoms with Gasteiger partial charge < -0.3 is 10.1 Å². The molecule has 0 fully saturated rings. The molecule has 2 N–H and O–H groups in total. The number of ether oxygens (including phenoxy) is 1. The fourth-order valence-electron chi connectivity index (χ4n) is 3.33. The Balaban J connectivity index is 1.57. The van der Waals surface area contributed by atoms with Crippen LogP contribution in [0.25, 0.3) is 23.1 Å². The van der Waals surface area contributed by atoms with Crippen LogP contribution in [0, 0.1) is 5.82 Å². The molecule has 156 valence electrons. The summed E-state index contributed by atoms with van der Waals surface area (Å²) in [4.78, 5) is 16.9. The monoisotopic (exact) mass is 416 g/mol. The van der Waals surface area contributed by atoms with Crippen LogP contribution in [0.1, 0.15) is 27.2 Å². The Morgan fingerprint density at radius 3 is 2.74 bits per heavy atom. The highest BCUT2D eigenvalue weighted by Crippen LogP contribution is 2.32. The van der Waals surface area contributed by atoms with Gasteiger partial charge in [0.2, 0.25) is 0 Å². The van der Waals surface area contributed by atoms with Crippen molar-refractivity contribution in [1.82, 2.24) is 20.5 Å². The largest absolute Gasteiger partial charge is 0.495 e. The molecule has 0 aliphatic rings. The number of fused-ring (bicyclic) bond motifs is 1. The molecule has 6 nitrogen and oxygen atoms in total. The zero-order valence-electron chi connectivity index (χ0n) is 16.9. The lowest BCUT2D eigenvalue weighted by Gasteiger charge is -2.11. The summed E-state index contributed by atoms with van der Waals surface area (Å²) >= 11 is 0. The average Bonchev–Trinajstić information content (AvgIpc) is 3.22. The van der Waals surface area contributed by atoms with Gasteiger partial charge in [-0.3, -0.25) is 14.9 Å². The third-order valence-corrected chi connectivity index (χ3v) is 4.89. The number of benzene rings is 2. The maximum Gasteiger partial charge on any atom is 0.255 e. The van der Waals surface area contributed by atoms with E-state index >= 15 is 0 Å². The number of halogens is 1. The van der Waals surface area contributed by atoms with E-state index in [-0.39, 0.29) is 11.7 Å². The van der Waals surface area contributed by atoms with E-state index in [0.717, 1.165) is 16.6 Å². The summed E-state index contributed by atoms with van der Waals surface area (Å²) in [6.45, 7) is 0.481. The standard InChI is InChI=1S/C24H21FN4O2/c1-31-23-19(24(30)27-14-12-17-3-2-13-26-15-17)9-11-21-22(23)20(28-29-21)10-6-16-4-7-18(25)8-5-16/h2-11,13,15H,12,14H2,1H3,(H,27,30)(H,28,29). The van der Waals surface area contributed by atoms with Crippen molar-refractivity contribution in [2.75, 3.05) is 13.7 Å². The molecule has 0 saturated heterocycles. The topological polar surface area (TPSA) is 79.9 Å². The highest BCUT2D eigenvalue weighted by molar-refractivity contribution is 6.05. The highest BCUT2D eigenvalue weighted by atomic mass is 19.1. The van der Waals surface area contributed by atoms with Gasteiger partial charge in [0.15, 0.2) is 0 Å². The van der Waals surface area contributed by atoms with Crippen molar-refractivity contribution >= 4 is 29.0 Å². The van der Waals surface area contributed by atoms with Gasteiger partial charge in [0, 0.05) is 18.9 Å². The molecule has 2 aromatic heterocycles. The minimum Gasteiger partial charge on any atom is -0.495 e. The van der Waals surface area contributed by atoms with Gasteiger partial charge in [0.25, 0.3) is 5.91 Å². The van der Waals surface area contributed by atoms with E-state index in [1.807, 2.05) is 18.2 Å². The predicted octanol–water partition coefficient (Wildman–Crippen LogP) is 4.25. The van der Waals surface area contributed by atoms with Crippen LogP contribution >= 0.6 is 0 Å². The molecule has 0 spiro atoms. The number of nitrogens with zero attached hydrogens (tertiary/aromatic N) is 2. The minimum atomic E-state index is -0.289. The van der Waals surface area contributed by atoms with Gasteiger partial charge in [-0.05, 0) is 54.0 Å². The number of carbonyl (C=O) groups excluding carboxylic acids is 1. The first-order valence-corrected chi connectivity index (χ1v) is 9.81. The molecule has 0 unspecified atom stereocenters. The molecule has 7 heteroatoms. The second kappa shape index (κ2) is 9.21. The van der Waals surface area contributed by atoms with E-state index in [4.69, 9.17) is 4.74 Å². The zero-order valence-corrected chi connectivity index (χ0v) is 16.9. The van der Waals surface area contributed by atoms with Crippen molar-refractivity contribution < 1.29 is 13.9 Å². The normalized spacial score (nSPS) is 11.2. The summed E-state index contributed by atoms with van der Waals surface area (Å²) in [6.07, 6.45) is 7.81. The van der Waals surface area contributed by atoms with E-state index in [1.54, 1.807) is 42.7 Å². The van der Waals surface area contributed by atoms with Gasteiger partial charge in [-0.15, -0.1) is 0 Å². The molecule has 0 saturated carbocycles. The molecular weight excluding hydrogens is 395 g/mol. The summed E-state index contributed by atoms with van der Waals surface area (Å²) in [5.41, 5.74) is 3.69. The van der Waals surface area contributed by atoms with Gasteiger partial charge in [0.05, 0.1) is 29.3 Å². The van der Waals surface area contributed by atoms with Gasteiger partial charge in [-0.1, -0.05) is 24.3 Å². The summed E-state index contributed by atoms with van der Waals surface area (Å²) in [5, 5.41) is 10.9. The van der Waals surface area contributed by atoms with Crippen molar-refractivity contribution in [1.29, 1.82) is 0 Å². The number of hydrogen-bond acceptors (Lipinski definition) is 4. The number of carbonyl (C=O) groups is 1. The maximum atomic E-state index is 13.1. The first kappa shape index (κ1) is 20.3. The molecule has 0 aliphatic carbocycles. The van der Waals surface area contributed by atoms with E-state index in [9.17, 15) is 9.18 Å². The van der Waals surface area contributed by atoms with Crippen molar-refractivity contribution in [3.8, 4) is 5.75 Å². The first-order valence-electron chi connectivity index (χ1n) is 9.81. The van der Waals surface area contributed by atoms with Crippen LogP contribution in [0.4, 0.5) is 4.39 Å². The van der Waals surface area contributed by atoms with E-state index in [0.29, 0.717) is 35.4 Å². The quantitative estimate of drug-likeness (QED) is 0.472. The van der Waals surface area contributed by atoms with Gasteiger partial charge in [-0.2, -0.15) is 5.10 Å². The second-order valence-electron chi connectivity index (χ2n) is 6.93.